The molecular weight excluding hydrogens is 592 g/mol. The average Bonchev–Trinajstić information content (AvgIpc) is 3.75. The maximum absolute atomic E-state index is 14.0. The van der Waals surface area contributed by atoms with E-state index in [1.807, 2.05) is 19.9 Å². The number of likely N-dealkylation sites (tertiary alicyclic amines) is 1. The number of H-pyrrole nitrogens is 1. The molecule has 0 aliphatic carbocycles. The van der Waals surface area contributed by atoms with Gasteiger partial charge in [-0.3, -0.25) is 19.2 Å². The molecule has 0 radical (unpaired) electrons. The quantitative estimate of drug-likeness (QED) is 0.111. The Morgan fingerprint density at radius 3 is 2.41 bits per heavy atom. The summed E-state index contributed by atoms with van der Waals surface area (Å²) in [7, 11) is 0. The van der Waals surface area contributed by atoms with E-state index >= 15 is 0 Å². The lowest BCUT2D eigenvalue weighted by Gasteiger charge is -2.31. The number of aromatic amines is 1. The van der Waals surface area contributed by atoms with E-state index in [9.17, 15) is 29.1 Å². The average molecular weight is 641 g/mol. The van der Waals surface area contributed by atoms with Crippen molar-refractivity contribution in [2.75, 3.05) is 13.1 Å². The lowest BCUT2D eigenvalue weighted by atomic mass is 9.96. The number of aromatic nitrogens is 2. The number of carbonyl (C=O) groups is 5. The van der Waals surface area contributed by atoms with E-state index < -0.39 is 59.8 Å². The second-order valence-corrected chi connectivity index (χ2v) is 11.9. The van der Waals surface area contributed by atoms with Gasteiger partial charge in [0.15, 0.2) is 0 Å². The number of nitrogens with one attached hydrogen (secondary N) is 4. The highest BCUT2D eigenvalue weighted by Crippen LogP contribution is 2.21. The van der Waals surface area contributed by atoms with Gasteiger partial charge in [-0.05, 0) is 43.7 Å². The molecule has 4 amide bonds. The first-order valence-corrected chi connectivity index (χ1v) is 16.0. The first-order chi connectivity index (χ1) is 22.0. The Balaban J connectivity index is 1.77. The predicted molar refractivity (Wildman–Crippen MR) is 171 cm³/mol. The smallest absolute Gasteiger partial charge is 0.326 e. The number of rotatable bonds is 18. The minimum absolute atomic E-state index is 0.0565. The van der Waals surface area contributed by atoms with Crippen LogP contribution < -0.4 is 27.4 Å². The van der Waals surface area contributed by atoms with Crippen LogP contribution in [-0.4, -0.2) is 92.9 Å². The predicted octanol–water partition coefficient (Wildman–Crippen LogP) is 0.227. The molecule has 0 unspecified atom stereocenters. The Hall–Kier alpha value is -4.30. The van der Waals surface area contributed by atoms with Crippen LogP contribution in [0.1, 0.15) is 63.6 Å². The largest absolute Gasteiger partial charge is 0.480 e. The first-order valence-electron chi connectivity index (χ1n) is 16.0. The van der Waals surface area contributed by atoms with Gasteiger partial charge in [0, 0.05) is 31.3 Å². The number of amides is 4. The molecule has 6 atom stereocenters. The monoisotopic (exact) mass is 640 g/mol. The molecule has 252 valence electrons. The number of imidazole rings is 1. The molecule has 1 aliphatic rings. The maximum atomic E-state index is 14.0. The zero-order valence-corrected chi connectivity index (χ0v) is 26.6. The number of unbranched alkanes of at least 4 members (excludes halogenated alkanes) is 1. The molecule has 1 fully saturated rings. The second kappa shape index (κ2) is 18.0. The number of nitrogens with two attached hydrogens (primary N) is 2. The minimum atomic E-state index is -1.19. The molecule has 14 heteroatoms. The number of hydrogen-bond donors (Lipinski definition) is 7. The maximum Gasteiger partial charge on any atom is 0.326 e. The molecule has 46 heavy (non-hydrogen) atoms. The van der Waals surface area contributed by atoms with Gasteiger partial charge in [-0.2, -0.15) is 0 Å². The van der Waals surface area contributed by atoms with E-state index in [4.69, 9.17) is 11.5 Å². The van der Waals surface area contributed by atoms with Gasteiger partial charge in [0.25, 0.3) is 0 Å². The molecule has 14 nitrogen and oxygen atoms in total. The van der Waals surface area contributed by atoms with Crippen molar-refractivity contribution in [3.63, 3.8) is 0 Å². The SMILES string of the molecule is CC[C@H](C)[C@H](NC(=O)[C@@H](N)CCCCN)C(=O)N[C@@H](Cc1cnc[nH]1)C(=O)N1CCC[C@H]1C(=O)N[C@@H](Cc1ccccc1)C(=O)O. The van der Waals surface area contributed by atoms with Crippen LogP contribution in [0.5, 0.6) is 0 Å². The van der Waals surface area contributed by atoms with Gasteiger partial charge in [0.05, 0.1) is 12.4 Å². The molecule has 1 aromatic heterocycles. The van der Waals surface area contributed by atoms with Gasteiger partial charge in [0.1, 0.15) is 24.2 Å². The van der Waals surface area contributed by atoms with Gasteiger partial charge in [0.2, 0.25) is 23.6 Å². The molecule has 1 saturated heterocycles. The second-order valence-electron chi connectivity index (χ2n) is 11.9. The summed E-state index contributed by atoms with van der Waals surface area (Å²) in [5, 5.41) is 18.0. The minimum Gasteiger partial charge on any atom is -0.480 e. The molecule has 9 N–H and O–H groups in total. The van der Waals surface area contributed by atoms with Crippen LogP contribution in [0, 0.1) is 5.92 Å². The topological polar surface area (TPSA) is 226 Å². The van der Waals surface area contributed by atoms with Crippen molar-refractivity contribution in [2.24, 2.45) is 17.4 Å². The molecular formula is C32H48N8O6. The number of carbonyl (C=O) groups excluding carboxylic acids is 4. The lowest BCUT2D eigenvalue weighted by molar-refractivity contribution is -0.145. The summed E-state index contributed by atoms with van der Waals surface area (Å²) in [6.07, 6.45) is 6.40. The number of hydrogen-bond acceptors (Lipinski definition) is 8. The highest BCUT2D eigenvalue weighted by molar-refractivity contribution is 5.96. The molecule has 2 aromatic rings. The fourth-order valence-corrected chi connectivity index (χ4v) is 5.50. The third-order valence-electron chi connectivity index (χ3n) is 8.43. The van der Waals surface area contributed by atoms with Gasteiger partial charge >= 0.3 is 5.97 Å². The van der Waals surface area contributed by atoms with Crippen molar-refractivity contribution >= 4 is 29.6 Å². The molecule has 1 aromatic carbocycles. The Labute approximate surface area is 269 Å². The van der Waals surface area contributed by atoms with Crippen molar-refractivity contribution in [3.8, 4) is 0 Å². The molecule has 3 rings (SSSR count). The summed E-state index contributed by atoms with van der Waals surface area (Å²) in [5.41, 5.74) is 13.0. The Morgan fingerprint density at radius 1 is 1.04 bits per heavy atom. The van der Waals surface area contributed by atoms with Gasteiger partial charge in [-0.15, -0.1) is 0 Å². The third kappa shape index (κ3) is 10.4. The van der Waals surface area contributed by atoms with E-state index in [0.29, 0.717) is 44.3 Å². The zero-order chi connectivity index (χ0) is 33.6. The van der Waals surface area contributed by atoms with Crippen LogP contribution in [0.2, 0.25) is 0 Å². The zero-order valence-electron chi connectivity index (χ0n) is 26.6. The molecule has 0 saturated carbocycles. The van der Waals surface area contributed by atoms with Crippen LogP contribution in [-0.2, 0) is 36.8 Å². The van der Waals surface area contributed by atoms with Crippen LogP contribution in [0.4, 0.5) is 0 Å². The van der Waals surface area contributed by atoms with E-state index in [-0.39, 0.29) is 25.3 Å². The van der Waals surface area contributed by atoms with Gasteiger partial charge < -0.3 is 42.4 Å². The number of carboxylic acid groups (broad SMARTS) is 1. The fraction of sp³-hybridized carbons (Fsp3) is 0.562. The van der Waals surface area contributed by atoms with E-state index in [0.717, 1.165) is 12.0 Å². The van der Waals surface area contributed by atoms with E-state index in [1.165, 1.54) is 17.4 Å². The van der Waals surface area contributed by atoms with Crippen LogP contribution in [0.15, 0.2) is 42.9 Å². The summed E-state index contributed by atoms with van der Waals surface area (Å²) in [5.74, 6) is -3.55. The highest BCUT2D eigenvalue weighted by Gasteiger charge is 2.40. The summed E-state index contributed by atoms with van der Waals surface area (Å²) < 4.78 is 0. The molecule has 0 spiro atoms. The van der Waals surface area contributed by atoms with Crippen molar-refractivity contribution in [2.45, 2.75) is 95.4 Å². The van der Waals surface area contributed by atoms with Crippen molar-refractivity contribution in [3.05, 3.63) is 54.1 Å². The van der Waals surface area contributed by atoms with Crippen LogP contribution in [0.3, 0.4) is 0 Å². The fourth-order valence-electron chi connectivity index (χ4n) is 5.50. The summed E-state index contributed by atoms with van der Waals surface area (Å²) in [6.45, 7) is 4.46. The highest BCUT2D eigenvalue weighted by atomic mass is 16.4. The Kier molecular flexibility index (Phi) is 14.2. The van der Waals surface area contributed by atoms with Crippen LogP contribution in [0.25, 0.3) is 0 Å². The van der Waals surface area contributed by atoms with Gasteiger partial charge in [-0.25, -0.2) is 9.78 Å². The van der Waals surface area contributed by atoms with Crippen molar-refractivity contribution < 1.29 is 29.1 Å². The summed E-state index contributed by atoms with van der Waals surface area (Å²) in [4.78, 5) is 74.4. The molecule has 1 aliphatic heterocycles. The number of aliphatic carboxylic acids is 1. The molecule has 2 heterocycles. The van der Waals surface area contributed by atoms with E-state index in [1.54, 1.807) is 24.3 Å². The Bertz CT molecular complexity index is 1290. The van der Waals surface area contributed by atoms with Crippen molar-refractivity contribution in [1.82, 2.24) is 30.8 Å². The van der Waals surface area contributed by atoms with Gasteiger partial charge in [-0.1, -0.05) is 57.0 Å². The number of carboxylic acids is 1. The van der Waals surface area contributed by atoms with E-state index in [2.05, 4.69) is 25.9 Å². The molecule has 0 bridgehead atoms. The standard InChI is InChI=1S/C32H48N8O6/c1-3-20(2)27(39-28(41)23(34)12-7-8-14-33)30(43)37-24(17-22-18-35-19-36-22)31(44)40-15-9-13-26(40)29(42)38-25(32(45)46)16-21-10-5-4-6-11-21/h4-6,10-11,18-20,23-27H,3,7-9,12-17,33-34H2,1-2H3,(H,35,36)(H,37,43)(H,38,42)(H,39,41)(H,45,46)/t20-,23-,24-,25-,26-,27-/m0/s1. The normalized spacial score (nSPS) is 17.7. The number of benzene rings is 1. The summed E-state index contributed by atoms with van der Waals surface area (Å²) in [6, 6.07) is 3.99. The summed E-state index contributed by atoms with van der Waals surface area (Å²) >= 11 is 0. The first kappa shape index (κ1) is 36.2. The van der Waals surface area contributed by atoms with Crippen molar-refractivity contribution in [1.29, 1.82) is 0 Å². The third-order valence-corrected chi connectivity index (χ3v) is 8.43. The Morgan fingerprint density at radius 2 is 1.78 bits per heavy atom. The lowest BCUT2D eigenvalue weighted by Crippen LogP contribution is -2.60. The van der Waals surface area contributed by atoms with Crippen LogP contribution >= 0.6 is 0 Å². The number of nitrogens with zero attached hydrogens (tertiary/aromatic N) is 2.